The molecule has 1 aliphatic rings. The molecule has 0 spiro atoms. The van der Waals surface area contributed by atoms with Gasteiger partial charge in [0.2, 0.25) is 0 Å². The lowest BCUT2D eigenvalue weighted by atomic mass is 10.1. The van der Waals surface area contributed by atoms with Crippen molar-refractivity contribution in [2.24, 2.45) is 0 Å². The van der Waals surface area contributed by atoms with Gasteiger partial charge in [-0.1, -0.05) is 24.4 Å². The molecular formula is C13H19ClN2O. The highest BCUT2D eigenvalue weighted by molar-refractivity contribution is 6.31. The van der Waals surface area contributed by atoms with Crippen LogP contribution in [0.2, 0.25) is 5.02 Å². The second kappa shape index (κ2) is 5.61. The van der Waals surface area contributed by atoms with Crippen molar-refractivity contribution in [3.05, 3.63) is 23.2 Å². The minimum Gasteiger partial charge on any atom is -0.397 e. The molecule has 3 nitrogen and oxygen atoms in total. The average Bonchev–Trinajstić information content (AvgIpc) is 2.54. The van der Waals surface area contributed by atoms with Crippen LogP contribution in [0.1, 0.15) is 25.7 Å². The van der Waals surface area contributed by atoms with Crippen LogP contribution in [0.5, 0.6) is 0 Å². The van der Waals surface area contributed by atoms with Gasteiger partial charge in [0.05, 0.1) is 24.0 Å². The van der Waals surface area contributed by atoms with Crippen molar-refractivity contribution >= 4 is 23.0 Å². The molecule has 1 fully saturated rings. The lowest BCUT2D eigenvalue weighted by Crippen LogP contribution is -2.37. The summed E-state index contributed by atoms with van der Waals surface area (Å²) in [7, 11) is 0. The van der Waals surface area contributed by atoms with E-state index in [2.05, 4.69) is 4.90 Å². The van der Waals surface area contributed by atoms with E-state index in [9.17, 15) is 5.11 Å². The van der Waals surface area contributed by atoms with Crippen molar-refractivity contribution in [2.75, 3.05) is 23.8 Å². The molecule has 1 atom stereocenters. The second-order valence-electron chi connectivity index (χ2n) is 4.58. The Bertz CT molecular complexity index is 384. The van der Waals surface area contributed by atoms with Crippen LogP contribution >= 0.6 is 11.6 Å². The van der Waals surface area contributed by atoms with Gasteiger partial charge in [0.25, 0.3) is 0 Å². The van der Waals surface area contributed by atoms with Crippen LogP contribution in [-0.4, -0.2) is 24.3 Å². The summed E-state index contributed by atoms with van der Waals surface area (Å²) in [6.07, 6.45) is 4.58. The largest absolute Gasteiger partial charge is 0.397 e. The normalized spacial score (nSPS) is 21.3. The molecule has 17 heavy (non-hydrogen) atoms. The Balaban J connectivity index is 2.28. The van der Waals surface area contributed by atoms with Gasteiger partial charge in [-0.05, 0) is 31.0 Å². The number of rotatable bonds is 2. The smallest absolute Gasteiger partial charge is 0.0635 e. The Morgan fingerprint density at radius 3 is 2.88 bits per heavy atom. The van der Waals surface area contributed by atoms with Crippen LogP contribution in [0.3, 0.4) is 0 Å². The van der Waals surface area contributed by atoms with Gasteiger partial charge in [0.15, 0.2) is 0 Å². The summed E-state index contributed by atoms with van der Waals surface area (Å²) < 4.78 is 0. The van der Waals surface area contributed by atoms with E-state index in [1.807, 2.05) is 12.1 Å². The number of anilines is 2. The highest BCUT2D eigenvalue weighted by Gasteiger charge is 2.21. The van der Waals surface area contributed by atoms with Crippen LogP contribution < -0.4 is 10.6 Å². The van der Waals surface area contributed by atoms with Gasteiger partial charge in [0, 0.05) is 11.6 Å². The molecule has 0 saturated carbocycles. The Morgan fingerprint density at radius 1 is 1.35 bits per heavy atom. The number of benzene rings is 1. The fraction of sp³-hybridized carbons (Fsp3) is 0.538. The van der Waals surface area contributed by atoms with Crippen molar-refractivity contribution in [1.82, 2.24) is 0 Å². The summed E-state index contributed by atoms with van der Waals surface area (Å²) in [6.45, 7) is 1.14. The van der Waals surface area contributed by atoms with E-state index in [4.69, 9.17) is 17.3 Å². The van der Waals surface area contributed by atoms with E-state index < -0.39 is 0 Å². The molecule has 94 valence electrons. The van der Waals surface area contributed by atoms with Gasteiger partial charge in [0.1, 0.15) is 0 Å². The Hall–Kier alpha value is -0.930. The summed E-state index contributed by atoms with van der Waals surface area (Å²) in [5.74, 6) is 0. The van der Waals surface area contributed by atoms with Crippen molar-refractivity contribution in [3.8, 4) is 0 Å². The van der Waals surface area contributed by atoms with Crippen molar-refractivity contribution in [2.45, 2.75) is 31.7 Å². The molecule has 1 aliphatic heterocycles. The number of aliphatic hydroxyl groups is 1. The van der Waals surface area contributed by atoms with E-state index in [1.54, 1.807) is 6.07 Å². The molecule has 1 heterocycles. The van der Waals surface area contributed by atoms with Gasteiger partial charge in [-0.3, -0.25) is 0 Å². The maximum Gasteiger partial charge on any atom is 0.0635 e. The third-order valence-corrected chi connectivity index (χ3v) is 3.62. The molecule has 4 heteroatoms. The van der Waals surface area contributed by atoms with Gasteiger partial charge >= 0.3 is 0 Å². The summed E-state index contributed by atoms with van der Waals surface area (Å²) in [6, 6.07) is 5.76. The molecule has 1 aromatic rings. The van der Waals surface area contributed by atoms with Gasteiger partial charge in [-0.25, -0.2) is 0 Å². The Morgan fingerprint density at radius 2 is 2.18 bits per heavy atom. The molecular weight excluding hydrogens is 236 g/mol. The molecule has 1 unspecified atom stereocenters. The van der Waals surface area contributed by atoms with E-state index >= 15 is 0 Å². The molecule has 0 aliphatic carbocycles. The first kappa shape index (κ1) is 12.5. The van der Waals surface area contributed by atoms with Gasteiger partial charge in [-0.2, -0.15) is 0 Å². The monoisotopic (exact) mass is 254 g/mol. The molecule has 2 rings (SSSR count). The summed E-state index contributed by atoms with van der Waals surface area (Å²) in [4.78, 5) is 2.22. The molecule has 1 saturated heterocycles. The molecule has 3 N–H and O–H groups in total. The highest BCUT2D eigenvalue weighted by Crippen LogP contribution is 2.30. The van der Waals surface area contributed by atoms with E-state index in [1.165, 1.54) is 12.8 Å². The predicted octanol–water partition coefficient (Wildman–Crippen LogP) is 2.66. The topological polar surface area (TPSA) is 49.5 Å². The van der Waals surface area contributed by atoms with Crippen LogP contribution in [0.25, 0.3) is 0 Å². The lowest BCUT2D eigenvalue weighted by Gasteiger charge is -2.31. The van der Waals surface area contributed by atoms with E-state index in [-0.39, 0.29) is 12.6 Å². The minimum atomic E-state index is 0.181. The number of nitrogens with two attached hydrogens (primary N) is 1. The fourth-order valence-electron chi connectivity index (χ4n) is 2.47. The minimum absolute atomic E-state index is 0.181. The number of hydrogen-bond donors (Lipinski definition) is 2. The number of nitrogens with zero attached hydrogens (tertiary/aromatic N) is 1. The van der Waals surface area contributed by atoms with Crippen molar-refractivity contribution in [1.29, 1.82) is 0 Å². The number of aliphatic hydroxyl groups excluding tert-OH is 1. The van der Waals surface area contributed by atoms with Crippen LogP contribution in [0, 0.1) is 0 Å². The SMILES string of the molecule is Nc1cc(Cl)ccc1N1CCCCCC1CO. The molecule has 0 amide bonds. The summed E-state index contributed by atoms with van der Waals surface area (Å²) in [5, 5.41) is 10.1. The predicted molar refractivity (Wildman–Crippen MR) is 72.6 cm³/mol. The first-order valence-electron chi connectivity index (χ1n) is 6.15. The van der Waals surface area contributed by atoms with E-state index in [0.717, 1.165) is 25.1 Å². The highest BCUT2D eigenvalue weighted by atomic mass is 35.5. The Kier molecular flexibility index (Phi) is 4.13. The quantitative estimate of drug-likeness (QED) is 0.798. The first-order valence-corrected chi connectivity index (χ1v) is 6.52. The fourth-order valence-corrected chi connectivity index (χ4v) is 2.65. The maximum absolute atomic E-state index is 9.48. The third kappa shape index (κ3) is 2.85. The van der Waals surface area contributed by atoms with E-state index in [0.29, 0.717) is 10.7 Å². The zero-order valence-electron chi connectivity index (χ0n) is 9.90. The molecule has 1 aromatic carbocycles. The molecule has 0 radical (unpaired) electrons. The van der Waals surface area contributed by atoms with Crippen LogP contribution in [0.15, 0.2) is 18.2 Å². The summed E-state index contributed by atoms with van der Waals surface area (Å²) >= 11 is 5.91. The van der Waals surface area contributed by atoms with Crippen LogP contribution in [0.4, 0.5) is 11.4 Å². The summed E-state index contributed by atoms with van der Waals surface area (Å²) in [5.41, 5.74) is 7.70. The van der Waals surface area contributed by atoms with Crippen molar-refractivity contribution in [3.63, 3.8) is 0 Å². The lowest BCUT2D eigenvalue weighted by molar-refractivity contribution is 0.255. The standard InChI is InChI=1S/C13H19ClN2O/c14-10-5-6-13(12(15)8-10)16-7-3-1-2-4-11(16)9-17/h5-6,8,11,17H,1-4,7,9,15H2. The molecule has 0 aromatic heterocycles. The number of halogens is 1. The number of hydrogen-bond acceptors (Lipinski definition) is 3. The van der Waals surface area contributed by atoms with Crippen molar-refractivity contribution < 1.29 is 5.11 Å². The molecule has 0 bridgehead atoms. The van der Waals surface area contributed by atoms with Gasteiger partial charge in [-0.15, -0.1) is 0 Å². The van der Waals surface area contributed by atoms with Crippen LogP contribution in [-0.2, 0) is 0 Å². The first-order chi connectivity index (χ1) is 8.22. The Labute approximate surface area is 107 Å². The maximum atomic E-state index is 9.48. The average molecular weight is 255 g/mol. The zero-order valence-corrected chi connectivity index (χ0v) is 10.7. The zero-order chi connectivity index (χ0) is 12.3. The van der Waals surface area contributed by atoms with Gasteiger partial charge < -0.3 is 15.7 Å². The number of nitrogen functional groups attached to an aromatic ring is 1. The second-order valence-corrected chi connectivity index (χ2v) is 5.02. The third-order valence-electron chi connectivity index (χ3n) is 3.39.